The van der Waals surface area contributed by atoms with Gasteiger partial charge < -0.3 is 9.47 Å². The molecule has 1 heterocycles. The van der Waals surface area contributed by atoms with E-state index in [4.69, 9.17) is 9.47 Å². The molecule has 0 atom stereocenters. The number of aliphatic imine (C=N–C) groups is 1. The number of rotatable bonds is 3. The lowest BCUT2D eigenvalue weighted by Crippen LogP contribution is -2.04. The molecule has 0 bridgehead atoms. The minimum atomic E-state index is -0.448. The van der Waals surface area contributed by atoms with Crippen LogP contribution in [0.3, 0.4) is 0 Å². The van der Waals surface area contributed by atoms with Crippen LogP contribution in [-0.4, -0.2) is 19.0 Å². The Morgan fingerprint density at radius 1 is 1.10 bits per heavy atom. The predicted octanol–water partition coefficient (Wildman–Crippen LogP) is 3.04. The van der Waals surface area contributed by atoms with Gasteiger partial charge in [-0.3, -0.25) is 0 Å². The molecule has 4 heteroatoms. The third-order valence-corrected chi connectivity index (χ3v) is 3.04. The summed E-state index contributed by atoms with van der Waals surface area (Å²) in [4.78, 5) is 16.1. The van der Waals surface area contributed by atoms with E-state index in [1.54, 1.807) is 13.2 Å². The van der Waals surface area contributed by atoms with Gasteiger partial charge >= 0.3 is 5.97 Å². The number of cyclic esters (lactones) is 1. The van der Waals surface area contributed by atoms with E-state index in [1.165, 1.54) is 0 Å². The Bertz CT molecular complexity index is 733. The number of nitrogens with zero attached hydrogens (tertiary/aromatic N) is 1. The molecule has 0 aliphatic carbocycles. The maximum Gasteiger partial charge on any atom is 0.363 e. The number of methoxy groups -OCH3 is 1. The van der Waals surface area contributed by atoms with Gasteiger partial charge in [-0.2, -0.15) is 0 Å². The Morgan fingerprint density at radius 2 is 1.90 bits per heavy atom. The van der Waals surface area contributed by atoms with Crippen LogP contribution in [0.2, 0.25) is 0 Å². The van der Waals surface area contributed by atoms with Crippen LogP contribution in [0.25, 0.3) is 6.08 Å². The number of carbonyl (C=O) groups is 1. The first kappa shape index (κ1) is 13.1. The summed E-state index contributed by atoms with van der Waals surface area (Å²) in [6, 6.07) is 16.7. The van der Waals surface area contributed by atoms with Crippen molar-refractivity contribution in [3.63, 3.8) is 0 Å². The number of hydrogen-bond acceptors (Lipinski definition) is 4. The van der Waals surface area contributed by atoms with Crippen molar-refractivity contribution >= 4 is 17.9 Å². The minimum absolute atomic E-state index is 0.280. The van der Waals surface area contributed by atoms with Crippen LogP contribution in [0.15, 0.2) is 65.3 Å². The zero-order valence-corrected chi connectivity index (χ0v) is 11.4. The predicted molar refractivity (Wildman–Crippen MR) is 80.0 cm³/mol. The second-order valence-corrected chi connectivity index (χ2v) is 4.48. The van der Waals surface area contributed by atoms with Crippen LogP contribution in [0.1, 0.15) is 11.1 Å². The molecule has 104 valence electrons. The van der Waals surface area contributed by atoms with Crippen LogP contribution in [0.4, 0.5) is 0 Å². The van der Waals surface area contributed by atoms with E-state index in [1.807, 2.05) is 54.6 Å². The zero-order chi connectivity index (χ0) is 14.7. The van der Waals surface area contributed by atoms with Gasteiger partial charge in [0.25, 0.3) is 0 Å². The highest BCUT2D eigenvalue weighted by Crippen LogP contribution is 2.21. The fourth-order valence-corrected chi connectivity index (χ4v) is 2.00. The summed E-state index contributed by atoms with van der Waals surface area (Å²) in [5.74, 6) is 0.606. The Labute approximate surface area is 122 Å². The molecule has 0 amide bonds. The van der Waals surface area contributed by atoms with Gasteiger partial charge in [-0.1, -0.05) is 30.3 Å². The first-order valence-electron chi connectivity index (χ1n) is 6.48. The molecule has 0 N–H and O–H groups in total. The standard InChI is InChI=1S/C17H13NO3/c1-20-14-9-5-6-12(10-14)11-15-17(19)21-16(18-15)13-7-3-2-4-8-13/h2-11H,1H3/b15-11-. The van der Waals surface area contributed by atoms with E-state index in [0.717, 1.165) is 16.9 Å². The van der Waals surface area contributed by atoms with Gasteiger partial charge in [0.05, 0.1) is 7.11 Å². The molecule has 1 aliphatic heterocycles. The van der Waals surface area contributed by atoms with Crippen LogP contribution in [-0.2, 0) is 9.53 Å². The monoisotopic (exact) mass is 279 g/mol. The number of esters is 1. The SMILES string of the molecule is COc1cccc(/C=C2\N=C(c3ccccc3)OC2=O)c1. The quantitative estimate of drug-likeness (QED) is 0.641. The Morgan fingerprint density at radius 3 is 2.67 bits per heavy atom. The van der Waals surface area contributed by atoms with E-state index in [2.05, 4.69) is 4.99 Å². The molecule has 3 rings (SSSR count). The summed E-state index contributed by atoms with van der Waals surface area (Å²) < 4.78 is 10.4. The van der Waals surface area contributed by atoms with Crippen molar-refractivity contribution < 1.29 is 14.3 Å². The average molecular weight is 279 g/mol. The van der Waals surface area contributed by atoms with Gasteiger partial charge in [-0.05, 0) is 35.9 Å². The maximum atomic E-state index is 11.9. The first-order chi connectivity index (χ1) is 10.3. The van der Waals surface area contributed by atoms with E-state index in [-0.39, 0.29) is 5.70 Å². The topological polar surface area (TPSA) is 47.9 Å². The molecule has 0 saturated carbocycles. The van der Waals surface area contributed by atoms with Crippen LogP contribution in [0, 0.1) is 0 Å². The van der Waals surface area contributed by atoms with Crippen LogP contribution in [0.5, 0.6) is 5.75 Å². The molecule has 0 spiro atoms. The summed E-state index contributed by atoms with van der Waals surface area (Å²) in [7, 11) is 1.60. The molecule has 21 heavy (non-hydrogen) atoms. The molecule has 0 radical (unpaired) electrons. The van der Waals surface area contributed by atoms with E-state index >= 15 is 0 Å². The summed E-state index contributed by atoms with van der Waals surface area (Å²) in [6.45, 7) is 0. The van der Waals surface area contributed by atoms with Crippen molar-refractivity contribution in [3.05, 3.63) is 71.4 Å². The molecule has 1 aliphatic rings. The Hall–Kier alpha value is -2.88. The highest BCUT2D eigenvalue weighted by molar-refractivity contribution is 6.12. The van der Waals surface area contributed by atoms with E-state index in [0.29, 0.717) is 5.90 Å². The maximum absolute atomic E-state index is 11.9. The Kier molecular flexibility index (Phi) is 3.51. The second kappa shape index (κ2) is 5.63. The lowest BCUT2D eigenvalue weighted by molar-refractivity contribution is -0.129. The summed E-state index contributed by atoms with van der Waals surface area (Å²) >= 11 is 0. The summed E-state index contributed by atoms with van der Waals surface area (Å²) in [5, 5.41) is 0. The van der Waals surface area contributed by atoms with Gasteiger partial charge in [0, 0.05) is 5.56 Å². The van der Waals surface area contributed by atoms with Gasteiger partial charge in [-0.25, -0.2) is 9.79 Å². The molecule has 0 saturated heterocycles. The van der Waals surface area contributed by atoms with Crippen molar-refractivity contribution in [1.29, 1.82) is 0 Å². The molecule has 2 aromatic rings. The van der Waals surface area contributed by atoms with Crippen LogP contribution < -0.4 is 4.74 Å². The van der Waals surface area contributed by atoms with E-state index < -0.39 is 5.97 Å². The average Bonchev–Trinajstić information content (AvgIpc) is 2.89. The zero-order valence-electron chi connectivity index (χ0n) is 11.4. The Balaban J connectivity index is 1.93. The molecule has 0 fully saturated rings. The third kappa shape index (κ3) is 2.84. The summed E-state index contributed by atoms with van der Waals surface area (Å²) in [5.41, 5.74) is 1.89. The number of ether oxygens (including phenoxy) is 2. The molecule has 0 aromatic heterocycles. The molecular formula is C17H13NO3. The van der Waals surface area contributed by atoms with Crippen molar-refractivity contribution in [1.82, 2.24) is 0 Å². The first-order valence-corrected chi connectivity index (χ1v) is 6.48. The highest BCUT2D eigenvalue weighted by atomic mass is 16.6. The number of hydrogen-bond donors (Lipinski definition) is 0. The lowest BCUT2D eigenvalue weighted by atomic mass is 10.2. The normalized spacial score (nSPS) is 15.8. The van der Waals surface area contributed by atoms with Crippen molar-refractivity contribution in [2.45, 2.75) is 0 Å². The van der Waals surface area contributed by atoms with Crippen molar-refractivity contribution in [3.8, 4) is 5.75 Å². The number of benzene rings is 2. The van der Waals surface area contributed by atoms with Gasteiger partial charge in [0.1, 0.15) is 5.75 Å². The molecule has 2 aromatic carbocycles. The fourth-order valence-electron chi connectivity index (χ4n) is 2.00. The van der Waals surface area contributed by atoms with Gasteiger partial charge in [0.15, 0.2) is 5.70 Å². The highest BCUT2D eigenvalue weighted by Gasteiger charge is 2.23. The smallest absolute Gasteiger partial charge is 0.363 e. The van der Waals surface area contributed by atoms with Crippen LogP contribution >= 0.6 is 0 Å². The fraction of sp³-hybridized carbons (Fsp3) is 0.0588. The van der Waals surface area contributed by atoms with Crippen molar-refractivity contribution in [2.75, 3.05) is 7.11 Å². The van der Waals surface area contributed by atoms with Gasteiger partial charge in [0.2, 0.25) is 5.90 Å². The minimum Gasteiger partial charge on any atom is -0.497 e. The third-order valence-electron chi connectivity index (χ3n) is 3.04. The molecular weight excluding hydrogens is 266 g/mol. The largest absolute Gasteiger partial charge is 0.497 e. The van der Waals surface area contributed by atoms with Crippen molar-refractivity contribution in [2.24, 2.45) is 4.99 Å². The molecule has 0 unspecified atom stereocenters. The summed E-state index contributed by atoms with van der Waals surface area (Å²) in [6.07, 6.45) is 1.68. The van der Waals surface area contributed by atoms with E-state index in [9.17, 15) is 4.79 Å². The molecule has 4 nitrogen and oxygen atoms in total. The number of carbonyl (C=O) groups excluding carboxylic acids is 1. The second-order valence-electron chi connectivity index (χ2n) is 4.48. The van der Waals surface area contributed by atoms with Gasteiger partial charge in [-0.15, -0.1) is 0 Å². The lowest BCUT2D eigenvalue weighted by Gasteiger charge is -2.00.